The lowest BCUT2D eigenvalue weighted by atomic mass is 10.2. The molecule has 1 atom stereocenters. The zero-order chi connectivity index (χ0) is 13.8. The lowest BCUT2D eigenvalue weighted by Gasteiger charge is -2.10. The van der Waals surface area contributed by atoms with E-state index in [4.69, 9.17) is 19.9 Å². The van der Waals surface area contributed by atoms with Crippen LogP contribution < -0.4 is 25.3 Å². The number of carbonyl (C=O) groups is 1. The van der Waals surface area contributed by atoms with E-state index in [1.807, 2.05) is 6.07 Å². The fourth-order valence-electron chi connectivity index (χ4n) is 1.74. The number of hydrogen-bond acceptors (Lipinski definition) is 6. The van der Waals surface area contributed by atoms with E-state index in [1.165, 1.54) is 0 Å². The average Bonchev–Trinajstić information content (AvgIpc) is 2.85. The molecule has 0 fully saturated rings. The molecule has 4 N–H and O–H groups in total. The maximum atomic E-state index is 10.7. The summed E-state index contributed by atoms with van der Waals surface area (Å²) in [6.45, 7) is 0.701. The molecule has 1 unspecified atom stereocenters. The van der Waals surface area contributed by atoms with Crippen LogP contribution in [0.1, 0.15) is 5.56 Å². The number of rotatable bonds is 6. The lowest BCUT2D eigenvalue weighted by Crippen LogP contribution is -2.37. The molecule has 104 valence electrons. The fourth-order valence-corrected chi connectivity index (χ4v) is 1.74. The molecule has 0 saturated carbocycles. The van der Waals surface area contributed by atoms with Gasteiger partial charge in [-0.3, -0.25) is 4.79 Å². The van der Waals surface area contributed by atoms with Crippen LogP contribution in [0.15, 0.2) is 12.1 Å². The van der Waals surface area contributed by atoms with Gasteiger partial charge in [0.05, 0.1) is 7.11 Å². The van der Waals surface area contributed by atoms with E-state index in [9.17, 15) is 9.90 Å². The quantitative estimate of drug-likeness (QED) is 0.634. The summed E-state index contributed by atoms with van der Waals surface area (Å²) in [4.78, 5) is 10.7. The zero-order valence-electron chi connectivity index (χ0n) is 10.5. The zero-order valence-corrected chi connectivity index (χ0v) is 10.5. The normalized spacial score (nSPS) is 14.2. The number of nitrogens with two attached hydrogens (primary N) is 1. The Hall–Kier alpha value is -1.99. The minimum Gasteiger partial charge on any atom is -0.493 e. The number of carbonyl (C=O) groups excluding carboxylic acids is 1. The first-order valence-electron chi connectivity index (χ1n) is 5.76. The lowest BCUT2D eigenvalue weighted by molar-refractivity contribution is -0.125. The number of amides is 1. The smallest absolute Gasteiger partial charge is 0.247 e. The Balaban J connectivity index is 1.99. The van der Waals surface area contributed by atoms with Crippen molar-refractivity contribution in [2.75, 3.05) is 20.4 Å². The molecule has 0 aromatic heterocycles. The van der Waals surface area contributed by atoms with E-state index in [0.717, 1.165) is 5.56 Å². The van der Waals surface area contributed by atoms with Gasteiger partial charge >= 0.3 is 0 Å². The highest BCUT2D eigenvalue weighted by molar-refractivity contribution is 5.78. The van der Waals surface area contributed by atoms with Crippen molar-refractivity contribution in [3.05, 3.63) is 17.7 Å². The number of ether oxygens (including phenoxy) is 3. The van der Waals surface area contributed by atoms with Gasteiger partial charge in [-0.2, -0.15) is 0 Å². The highest BCUT2D eigenvalue weighted by Crippen LogP contribution is 2.41. The van der Waals surface area contributed by atoms with Gasteiger partial charge in [0.15, 0.2) is 11.5 Å². The van der Waals surface area contributed by atoms with Crippen molar-refractivity contribution < 1.29 is 24.1 Å². The van der Waals surface area contributed by atoms with Crippen LogP contribution in [0, 0.1) is 0 Å². The number of primary amides is 1. The molecule has 0 aliphatic carbocycles. The minimum absolute atomic E-state index is 0.0894. The Kier molecular flexibility index (Phi) is 4.08. The van der Waals surface area contributed by atoms with Gasteiger partial charge in [-0.15, -0.1) is 0 Å². The number of hydrogen-bond donors (Lipinski definition) is 3. The van der Waals surface area contributed by atoms with Crippen molar-refractivity contribution in [2.45, 2.75) is 12.6 Å². The molecule has 19 heavy (non-hydrogen) atoms. The summed E-state index contributed by atoms with van der Waals surface area (Å²) in [6, 6.07) is 3.62. The van der Waals surface area contributed by atoms with Crippen LogP contribution in [0.5, 0.6) is 17.2 Å². The van der Waals surface area contributed by atoms with E-state index < -0.39 is 12.0 Å². The van der Waals surface area contributed by atoms with Crippen LogP contribution in [0.2, 0.25) is 0 Å². The van der Waals surface area contributed by atoms with Gasteiger partial charge < -0.3 is 30.4 Å². The summed E-state index contributed by atoms with van der Waals surface area (Å²) in [5.41, 5.74) is 5.84. The molecule has 1 aromatic rings. The van der Waals surface area contributed by atoms with Crippen molar-refractivity contribution in [3.8, 4) is 17.2 Å². The maximum Gasteiger partial charge on any atom is 0.247 e. The van der Waals surface area contributed by atoms with Crippen molar-refractivity contribution >= 4 is 5.91 Å². The second kappa shape index (κ2) is 5.77. The Labute approximate surface area is 110 Å². The molecule has 1 aliphatic rings. The van der Waals surface area contributed by atoms with Gasteiger partial charge in [-0.25, -0.2) is 0 Å². The highest BCUT2D eigenvalue weighted by Gasteiger charge is 2.20. The predicted octanol–water partition coefficient (Wildman–Crippen LogP) is -0.640. The Morgan fingerprint density at radius 3 is 3.05 bits per heavy atom. The van der Waals surface area contributed by atoms with Crippen molar-refractivity contribution in [1.29, 1.82) is 0 Å². The van der Waals surface area contributed by atoms with Gasteiger partial charge in [0.25, 0.3) is 0 Å². The number of aliphatic hydroxyl groups excluding tert-OH is 1. The molecule has 0 bridgehead atoms. The number of aliphatic hydroxyl groups is 1. The second-order valence-electron chi connectivity index (χ2n) is 4.08. The van der Waals surface area contributed by atoms with E-state index in [0.29, 0.717) is 23.8 Å². The fraction of sp³-hybridized carbons (Fsp3) is 0.417. The molecule has 0 spiro atoms. The van der Waals surface area contributed by atoms with Gasteiger partial charge in [0.1, 0.15) is 6.10 Å². The summed E-state index contributed by atoms with van der Waals surface area (Å²) in [6.07, 6.45) is -1.20. The van der Waals surface area contributed by atoms with Crippen molar-refractivity contribution in [3.63, 3.8) is 0 Å². The van der Waals surface area contributed by atoms with E-state index >= 15 is 0 Å². The number of methoxy groups -OCH3 is 1. The molecule has 0 radical (unpaired) electrons. The monoisotopic (exact) mass is 268 g/mol. The van der Waals surface area contributed by atoms with Gasteiger partial charge in [-0.05, 0) is 17.7 Å². The SMILES string of the molecule is COc1cc(CNCC(O)C(N)=O)cc2c1OCO2. The molecular formula is C12H16N2O5. The summed E-state index contributed by atoms with van der Waals surface area (Å²) >= 11 is 0. The molecule has 7 nitrogen and oxygen atoms in total. The van der Waals surface area contributed by atoms with E-state index in [-0.39, 0.29) is 13.3 Å². The summed E-state index contributed by atoms with van der Waals surface area (Å²) in [5, 5.41) is 12.2. The molecular weight excluding hydrogens is 252 g/mol. The van der Waals surface area contributed by atoms with Crippen LogP contribution in [-0.2, 0) is 11.3 Å². The Morgan fingerprint density at radius 2 is 2.37 bits per heavy atom. The van der Waals surface area contributed by atoms with Crippen molar-refractivity contribution in [1.82, 2.24) is 5.32 Å². The van der Waals surface area contributed by atoms with Gasteiger partial charge in [-0.1, -0.05) is 0 Å². The Bertz CT molecular complexity index is 477. The minimum atomic E-state index is -1.20. The first-order chi connectivity index (χ1) is 9.11. The van der Waals surface area contributed by atoms with Gasteiger partial charge in [0.2, 0.25) is 18.4 Å². The molecule has 1 aromatic carbocycles. The third-order valence-electron chi connectivity index (χ3n) is 2.71. The average molecular weight is 268 g/mol. The van der Waals surface area contributed by atoms with Crippen LogP contribution in [-0.4, -0.2) is 37.6 Å². The van der Waals surface area contributed by atoms with Gasteiger partial charge in [0, 0.05) is 13.1 Å². The first kappa shape index (κ1) is 13.4. The molecule has 1 heterocycles. The van der Waals surface area contributed by atoms with Crippen LogP contribution in [0.4, 0.5) is 0 Å². The number of benzene rings is 1. The summed E-state index contributed by atoms with van der Waals surface area (Å²) in [7, 11) is 1.55. The standard InChI is InChI=1S/C12H16N2O5/c1-17-9-2-7(3-10-11(9)19-6-18-10)4-14-5-8(15)12(13)16/h2-3,8,14-15H,4-6H2,1H3,(H2,13,16). The number of nitrogens with one attached hydrogen (secondary N) is 1. The Morgan fingerprint density at radius 1 is 1.58 bits per heavy atom. The largest absolute Gasteiger partial charge is 0.493 e. The third-order valence-corrected chi connectivity index (χ3v) is 2.71. The van der Waals surface area contributed by atoms with Crippen LogP contribution in [0.25, 0.3) is 0 Å². The van der Waals surface area contributed by atoms with Crippen LogP contribution >= 0.6 is 0 Å². The second-order valence-corrected chi connectivity index (χ2v) is 4.08. The maximum absolute atomic E-state index is 10.7. The summed E-state index contributed by atoms with van der Waals surface area (Å²) < 4.78 is 15.8. The molecule has 2 rings (SSSR count). The molecule has 7 heteroatoms. The number of fused-ring (bicyclic) bond motifs is 1. The predicted molar refractivity (Wildman–Crippen MR) is 66.0 cm³/mol. The topological polar surface area (TPSA) is 103 Å². The molecule has 1 amide bonds. The third kappa shape index (κ3) is 3.07. The van der Waals surface area contributed by atoms with Crippen molar-refractivity contribution in [2.24, 2.45) is 5.73 Å². The highest BCUT2D eigenvalue weighted by atomic mass is 16.7. The summed E-state index contributed by atoms with van der Waals surface area (Å²) in [5.74, 6) is 1.04. The van der Waals surface area contributed by atoms with E-state index in [1.54, 1.807) is 13.2 Å². The van der Waals surface area contributed by atoms with Crippen LogP contribution in [0.3, 0.4) is 0 Å². The molecule has 1 aliphatic heterocycles. The molecule has 0 saturated heterocycles. The van der Waals surface area contributed by atoms with E-state index in [2.05, 4.69) is 5.32 Å². The first-order valence-corrected chi connectivity index (χ1v) is 5.76.